The van der Waals surface area contributed by atoms with Gasteiger partial charge in [-0.25, -0.2) is 13.2 Å². The number of carbonyl (C=O) groups is 1. The van der Waals surface area contributed by atoms with Crippen LogP contribution in [-0.2, 0) is 10.0 Å². The van der Waals surface area contributed by atoms with E-state index in [2.05, 4.69) is 9.71 Å². The maximum atomic E-state index is 12.6. The average molecular weight is 398 g/mol. The number of benzene rings is 2. The van der Waals surface area contributed by atoms with Crippen molar-refractivity contribution in [3.63, 3.8) is 0 Å². The quantitative estimate of drug-likeness (QED) is 0.679. The van der Waals surface area contributed by atoms with Crippen LogP contribution >= 0.6 is 0 Å². The summed E-state index contributed by atoms with van der Waals surface area (Å²) >= 11 is 0. The number of anilines is 1. The number of carboxylic acids is 1. The highest BCUT2D eigenvalue weighted by atomic mass is 32.2. The Bertz CT molecular complexity index is 1160. The second-order valence-electron chi connectivity index (χ2n) is 5.97. The van der Waals surface area contributed by atoms with Gasteiger partial charge in [0.15, 0.2) is 11.5 Å². The van der Waals surface area contributed by atoms with Crippen molar-refractivity contribution in [2.24, 2.45) is 0 Å². The van der Waals surface area contributed by atoms with E-state index in [4.69, 9.17) is 14.6 Å². The van der Waals surface area contributed by atoms with Crippen LogP contribution in [0.5, 0.6) is 11.5 Å². The molecule has 9 heteroatoms. The Hall–Kier alpha value is -3.59. The predicted molar refractivity (Wildman–Crippen MR) is 100 cm³/mol. The zero-order valence-electron chi connectivity index (χ0n) is 14.3. The third kappa shape index (κ3) is 3.47. The topological polar surface area (TPSA) is 115 Å². The number of sulfonamides is 1. The zero-order valence-corrected chi connectivity index (χ0v) is 15.1. The fourth-order valence-corrected chi connectivity index (χ4v) is 3.76. The molecule has 0 unspecified atom stereocenters. The number of fused-ring (bicyclic) bond motifs is 1. The second-order valence-corrected chi connectivity index (χ2v) is 7.65. The summed E-state index contributed by atoms with van der Waals surface area (Å²) in [6.07, 6.45) is 2.76. The molecule has 0 atom stereocenters. The molecule has 0 spiro atoms. The number of ether oxygens (including phenoxy) is 2. The van der Waals surface area contributed by atoms with Crippen LogP contribution in [-0.4, -0.2) is 31.3 Å². The molecule has 1 aliphatic rings. The van der Waals surface area contributed by atoms with Crippen LogP contribution < -0.4 is 14.2 Å². The number of aromatic nitrogens is 1. The maximum Gasteiger partial charge on any atom is 0.337 e. The van der Waals surface area contributed by atoms with Crippen LogP contribution in [0.4, 0.5) is 5.69 Å². The van der Waals surface area contributed by atoms with Crippen LogP contribution in [0.3, 0.4) is 0 Å². The van der Waals surface area contributed by atoms with Crippen molar-refractivity contribution in [2.45, 2.75) is 4.90 Å². The Morgan fingerprint density at radius 2 is 1.71 bits per heavy atom. The van der Waals surface area contributed by atoms with E-state index in [1.165, 1.54) is 30.6 Å². The standard InChI is InChI=1S/C19H14N2O6S/c22-19(23)14-7-13(9-20-10-14)12-1-4-16(5-2-12)28(24,25)21-15-3-6-17-18(8-15)27-11-26-17/h1-10,21H,11H2,(H,22,23). The number of nitrogens with one attached hydrogen (secondary N) is 1. The van der Waals surface area contributed by atoms with E-state index in [1.807, 2.05) is 0 Å². The number of rotatable bonds is 5. The molecule has 0 amide bonds. The Morgan fingerprint density at radius 1 is 0.964 bits per heavy atom. The van der Waals surface area contributed by atoms with E-state index in [0.29, 0.717) is 28.3 Å². The Kier molecular flexibility index (Phi) is 4.36. The van der Waals surface area contributed by atoms with Crippen LogP contribution in [0.2, 0.25) is 0 Å². The highest BCUT2D eigenvalue weighted by Crippen LogP contribution is 2.35. The number of carboxylic acid groups (broad SMARTS) is 1. The van der Waals surface area contributed by atoms with E-state index < -0.39 is 16.0 Å². The summed E-state index contributed by atoms with van der Waals surface area (Å²) in [6.45, 7) is 0.102. The van der Waals surface area contributed by atoms with Crippen molar-refractivity contribution < 1.29 is 27.8 Å². The van der Waals surface area contributed by atoms with Gasteiger partial charge < -0.3 is 14.6 Å². The summed E-state index contributed by atoms with van der Waals surface area (Å²) in [6, 6.07) is 12.3. The highest BCUT2D eigenvalue weighted by Gasteiger charge is 2.18. The van der Waals surface area contributed by atoms with Gasteiger partial charge in [0.25, 0.3) is 10.0 Å². The van der Waals surface area contributed by atoms with Gasteiger partial charge in [0.1, 0.15) is 0 Å². The van der Waals surface area contributed by atoms with Gasteiger partial charge in [0, 0.05) is 24.0 Å². The van der Waals surface area contributed by atoms with Crippen molar-refractivity contribution in [3.05, 3.63) is 66.5 Å². The second kappa shape index (κ2) is 6.86. The zero-order chi connectivity index (χ0) is 19.7. The summed E-state index contributed by atoms with van der Waals surface area (Å²) in [7, 11) is -3.81. The van der Waals surface area contributed by atoms with Crippen LogP contribution in [0.15, 0.2) is 65.8 Å². The third-order valence-corrected chi connectivity index (χ3v) is 5.51. The first-order valence-electron chi connectivity index (χ1n) is 8.14. The van der Waals surface area contributed by atoms with Crippen LogP contribution in [0.1, 0.15) is 10.4 Å². The minimum atomic E-state index is -3.81. The lowest BCUT2D eigenvalue weighted by atomic mass is 10.1. The molecule has 28 heavy (non-hydrogen) atoms. The normalized spacial score (nSPS) is 12.6. The molecule has 0 fully saturated rings. The minimum absolute atomic E-state index is 0.0543. The number of nitrogens with zero attached hydrogens (tertiary/aromatic N) is 1. The molecule has 0 saturated carbocycles. The first-order chi connectivity index (χ1) is 13.4. The third-order valence-electron chi connectivity index (χ3n) is 4.11. The predicted octanol–water partition coefficient (Wildman–Crippen LogP) is 2.98. The number of hydrogen-bond acceptors (Lipinski definition) is 6. The number of hydrogen-bond donors (Lipinski definition) is 2. The fourth-order valence-electron chi connectivity index (χ4n) is 2.72. The molecule has 8 nitrogen and oxygen atoms in total. The largest absolute Gasteiger partial charge is 0.478 e. The molecule has 2 aromatic carbocycles. The molecule has 1 aromatic heterocycles. The smallest absolute Gasteiger partial charge is 0.337 e. The Labute approximate surface area is 160 Å². The molecule has 1 aliphatic heterocycles. The Balaban J connectivity index is 1.57. The van der Waals surface area contributed by atoms with Crippen molar-refractivity contribution in [3.8, 4) is 22.6 Å². The molecule has 3 aromatic rings. The van der Waals surface area contributed by atoms with Crippen molar-refractivity contribution in [1.82, 2.24) is 4.98 Å². The van der Waals surface area contributed by atoms with Gasteiger partial charge in [-0.3, -0.25) is 9.71 Å². The lowest BCUT2D eigenvalue weighted by molar-refractivity contribution is 0.0696. The highest BCUT2D eigenvalue weighted by molar-refractivity contribution is 7.92. The molecular weight excluding hydrogens is 384 g/mol. The molecule has 142 valence electrons. The summed E-state index contributed by atoms with van der Waals surface area (Å²) in [5.74, 6) is -0.0488. The molecule has 0 saturated heterocycles. The minimum Gasteiger partial charge on any atom is -0.478 e. The van der Waals surface area contributed by atoms with E-state index >= 15 is 0 Å². The van der Waals surface area contributed by atoms with Gasteiger partial charge >= 0.3 is 5.97 Å². The molecule has 0 bridgehead atoms. The molecule has 2 heterocycles. The van der Waals surface area contributed by atoms with Gasteiger partial charge in [0.05, 0.1) is 16.1 Å². The van der Waals surface area contributed by atoms with Crippen LogP contribution in [0, 0.1) is 0 Å². The van der Waals surface area contributed by atoms with Gasteiger partial charge in [0.2, 0.25) is 6.79 Å². The fraction of sp³-hybridized carbons (Fsp3) is 0.0526. The van der Waals surface area contributed by atoms with Crippen molar-refractivity contribution in [1.29, 1.82) is 0 Å². The summed E-state index contributed by atoms with van der Waals surface area (Å²) in [5.41, 5.74) is 1.63. The van der Waals surface area contributed by atoms with Gasteiger partial charge in [-0.2, -0.15) is 0 Å². The molecule has 0 radical (unpaired) electrons. The summed E-state index contributed by atoms with van der Waals surface area (Å²) in [5, 5.41) is 9.06. The molecule has 0 aliphatic carbocycles. The summed E-state index contributed by atoms with van der Waals surface area (Å²) in [4.78, 5) is 15.0. The van der Waals surface area contributed by atoms with E-state index in [1.54, 1.807) is 30.3 Å². The van der Waals surface area contributed by atoms with Gasteiger partial charge in [-0.1, -0.05) is 12.1 Å². The van der Waals surface area contributed by atoms with Crippen LogP contribution in [0.25, 0.3) is 11.1 Å². The van der Waals surface area contributed by atoms with Gasteiger partial charge in [-0.15, -0.1) is 0 Å². The monoisotopic (exact) mass is 398 g/mol. The van der Waals surface area contributed by atoms with Gasteiger partial charge in [-0.05, 0) is 35.9 Å². The molecule has 2 N–H and O–H groups in total. The summed E-state index contributed by atoms with van der Waals surface area (Å²) < 4.78 is 38.2. The number of aromatic carboxylic acids is 1. The van der Waals surface area contributed by atoms with E-state index in [-0.39, 0.29) is 17.3 Å². The maximum absolute atomic E-state index is 12.6. The van der Waals surface area contributed by atoms with Crippen molar-refractivity contribution in [2.75, 3.05) is 11.5 Å². The average Bonchev–Trinajstić information content (AvgIpc) is 3.16. The van der Waals surface area contributed by atoms with E-state index in [9.17, 15) is 13.2 Å². The first-order valence-corrected chi connectivity index (χ1v) is 9.62. The lowest BCUT2D eigenvalue weighted by Gasteiger charge is -2.10. The molecule has 4 rings (SSSR count). The number of pyridine rings is 1. The first kappa shape index (κ1) is 17.8. The van der Waals surface area contributed by atoms with E-state index in [0.717, 1.165) is 0 Å². The molecular formula is C19H14N2O6S. The lowest BCUT2D eigenvalue weighted by Crippen LogP contribution is -2.12. The Morgan fingerprint density at radius 3 is 2.46 bits per heavy atom. The van der Waals surface area contributed by atoms with Crippen molar-refractivity contribution >= 4 is 21.7 Å². The SMILES string of the molecule is O=C(O)c1cncc(-c2ccc(S(=O)(=O)Nc3ccc4c(c3)OCO4)cc2)c1.